The van der Waals surface area contributed by atoms with Gasteiger partial charge in [-0.2, -0.15) is 0 Å². The quantitative estimate of drug-likeness (QED) is 0.434. The molecule has 1 spiro atoms. The number of nitrogens with zero attached hydrogens (tertiary/aromatic N) is 1. The second-order valence-electron chi connectivity index (χ2n) is 11.0. The highest BCUT2D eigenvalue weighted by atomic mass is 19.4. The predicted octanol–water partition coefficient (Wildman–Crippen LogP) is 5.00. The molecule has 3 fully saturated rings. The van der Waals surface area contributed by atoms with Gasteiger partial charge in [-0.15, -0.1) is 13.2 Å². The van der Waals surface area contributed by atoms with E-state index in [0.29, 0.717) is 43.9 Å². The minimum atomic E-state index is -4.79. The summed E-state index contributed by atoms with van der Waals surface area (Å²) in [5.74, 6) is -0.173. The van der Waals surface area contributed by atoms with E-state index in [1.54, 1.807) is 7.11 Å². The van der Waals surface area contributed by atoms with Gasteiger partial charge in [0.05, 0.1) is 30.8 Å². The molecule has 3 saturated heterocycles. The third kappa shape index (κ3) is 5.05. The highest BCUT2D eigenvalue weighted by molar-refractivity contribution is 5.80. The van der Waals surface area contributed by atoms with Crippen LogP contribution in [-0.4, -0.2) is 69.8 Å². The fourth-order valence-electron chi connectivity index (χ4n) is 7.43. The lowest BCUT2D eigenvalue weighted by atomic mass is 9.66. The van der Waals surface area contributed by atoms with Crippen molar-refractivity contribution in [1.29, 1.82) is 0 Å². The molecule has 1 N–H and O–H groups in total. The number of benzene rings is 2. The van der Waals surface area contributed by atoms with Gasteiger partial charge in [-0.25, -0.2) is 0 Å². The Kier molecular flexibility index (Phi) is 8.05. The number of hydrogen-bond acceptors (Lipinski definition) is 6. The number of alkyl halides is 3. The van der Waals surface area contributed by atoms with Gasteiger partial charge in [0.2, 0.25) is 5.91 Å². The zero-order chi connectivity index (χ0) is 28.5. The molecule has 1 unspecified atom stereocenters. The van der Waals surface area contributed by atoms with Crippen molar-refractivity contribution in [3.63, 3.8) is 0 Å². The topological polar surface area (TPSA) is 69.3 Å². The average molecular weight is 563 g/mol. The fraction of sp³-hybridized carbons (Fsp3) is 0.567. The number of carbonyl (C=O) groups excluding carboxylic acids is 1. The molecule has 0 aliphatic carbocycles. The molecule has 3 heterocycles. The van der Waals surface area contributed by atoms with Crippen LogP contribution in [0.2, 0.25) is 0 Å². The smallest absolute Gasteiger partial charge is 0.496 e. The third-order valence-electron chi connectivity index (χ3n) is 9.10. The van der Waals surface area contributed by atoms with Crippen LogP contribution < -0.4 is 14.8 Å². The molecular formula is C30H37F3N2O5. The number of hydrogen-bond donors (Lipinski definition) is 1. The Morgan fingerprint density at radius 1 is 1.15 bits per heavy atom. The maximum atomic E-state index is 13.5. The number of ether oxygens (including phenoxy) is 4. The number of nitrogens with one attached hydrogen (secondary N) is 1. The lowest BCUT2D eigenvalue weighted by Crippen LogP contribution is -2.62. The zero-order valence-electron chi connectivity index (χ0n) is 23.1. The predicted molar refractivity (Wildman–Crippen MR) is 142 cm³/mol. The maximum absolute atomic E-state index is 13.5. The van der Waals surface area contributed by atoms with Crippen molar-refractivity contribution in [2.45, 2.75) is 61.6 Å². The molecule has 2 aromatic carbocycles. The lowest BCUT2D eigenvalue weighted by molar-refractivity contribution is -0.274. The molecule has 0 radical (unpaired) electrons. The maximum Gasteiger partial charge on any atom is 0.573 e. The second kappa shape index (κ2) is 11.2. The van der Waals surface area contributed by atoms with E-state index >= 15 is 0 Å². The molecule has 7 nitrogen and oxygen atoms in total. The average Bonchev–Trinajstić information content (AvgIpc) is 3.44. The van der Waals surface area contributed by atoms with E-state index in [1.165, 1.54) is 25.3 Å². The lowest BCUT2D eigenvalue weighted by Gasteiger charge is -2.54. The number of likely N-dealkylation sites (N-methyl/N-ethyl adjacent to an activating group) is 1. The summed E-state index contributed by atoms with van der Waals surface area (Å²) < 4.78 is 60.7. The SMILES string of the molecule is COCCCNC(=O)C1C[C@]2(c3ccccc3)N(C)[C@@H]1CC[C@@]21C[C@@H](c2cc(OC(F)(F)F)ccc2OC)CO1. The summed E-state index contributed by atoms with van der Waals surface area (Å²) >= 11 is 0. The molecule has 2 bridgehead atoms. The van der Waals surface area contributed by atoms with Crippen LogP contribution in [0.15, 0.2) is 48.5 Å². The second-order valence-corrected chi connectivity index (χ2v) is 11.0. The van der Waals surface area contributed by atoms with Gasteiger partial charge in [-0.3, -0.25) is 9.69 Å². The van der Waals surface area contributed by atoms with Gasteiger partial charge in [-0.1, -0.05) is 30.3 Å². The monoisotopic (exact) mass is 562 g/mol. The van der Waals surface area contributed by atoms with Crippen LogP contribution in [0.5, 0.6) is 11.5 Å². The largest absolute Gasteiger partial charge is 0.573 e. The first-order valence-corrected chi connectivity index (χ1v) is 13.8. The van der Waals surface area contributed by atoms with Crippen LogP contribution in [0.1, 0.15) is 49.1 Å². The molecular weight excluding hydrogens is 525 g/mol. The Hall–Kier alpha value is -2.82. The van der Waals surface area contributed by atoms with Crippen LogP contribution in [0.3, 0.4) is 0 Å². The highest BCUT2D eigenvalue weighted by Crippen LogP contribution is 2.63. The summed E-state index contributed by atoms with van der Waals surface area (Å²) in [4.78, 5) is 15.8. The summed E-state index contributed by atoms with van der Waals surface area (Å²) in [5, 5.41) is 3.11. The Labute approximate surface area is 232 Å². The van der Waals surface area contributed by atoms with E-state index in [2.05, 4.69) is 34.1 Å². The van der Waals surface area contributed by atoms with Crippen LogP contribution in [0.4, 0.5) is 13.2 Å². The minimum absolute atomic E-state index is 0.0380. The van der Waals surface area contributed by atoms with Crippen LogP contribution >= 0.6 is 0 Å². The Morgan fingerprint density at radius 3 is 2.62 bits per heavy atom. The highest BCUT2D eigenvalue weighted by Gasteiger charge is 2.68. The molecule has 218 valence electrons. The number of rotatable bonds is 9. The standard InChI is InChI=1S/C30H37F3N2O5/c1-35-25-12-13-28(17-20(19-39-28)23-16-22(40-30(31,32)33)10-11-26(23)38-3)29(35,21-8-5-4-6-9-21)18-24(25)27(36)34-14-7-15-37-2/h4-6,8-11,16,20,24-25H,7,12-15,17-19H2,1-3H3,(H,34,36)/t20-,24?,25-,28-,29-/m1/s1. The van der Waals surface area contributed by atoms with Gasteiger partial charge in [0.15, 0.2) is 0 Å². The van der Waals surface area contributed by atoms with Crippen molar-refractivity contribution < 1.29 is 36.9 Å². The summed E-state index contributed by atoms with van der Waals surface area (Å²) in [6.45, 7) is 1.46. The molecule has 40 heavy (non-hydrogen) atoms. The number of amides is 1. The number of halogens is 3. The zero-order valence-corrected chi connectivity index (χ0v) is 23.1. The fourth-order valence-corrected chi connectivity index (χ4v) is 7.43. The first-order valence-electron chi connectivity index (χ1n) is 13.8. The molecule has 2 aromatic rings. The van der Waals surface area contributed by atoms with Crippen molar-refractivity contribution in [2.75, 3.05) is 41.0 Å². The molecule has 5 atom stereocenters. The van der Waals surface area contributed by atoms with Crippen LogP contribution in [0, 0.1) is 5.92 Å². The third-order valence-corrected chi connectivity index (χ3v) is 9.10. The Balaban J connectivity index is 1.48. The van der Waals surface area contributed by atoms with Gasteiger partial charge >= 0.3 is 6.36 Å². The van der Waals surface area contributed by atoms with E-state index in [0.717, 1.165) is 24.8 Å². The first kappa shape index (κ1) is 28.7. The number of carbonyl (C=O) groups is 1. The number of piperidine rings is 1. The van der Waals surface area contributed by atoms with E-state index in [1.807, 2.05) is 18.2 Å². The van der Waals surface area contributed by atoms with Crippen molar-refractivity contribution in [2.24, 2.45) is 5.92 Å². The van der Waals surface area contributed by atoms with E-state index in [9.17, 15) is 18.0 Å². The molecule has 1 amide bonds. The molecule has 3 aliphatic heterocycles. The van der Waals surface area contributed by atoms with Gasteiger partial charge in [0.1, 0.15) is 11.5 Å². The van der Waals surface area contributed by atoms with Crippen molar-refractivity contribution in [3.05, 3.63) is 59.7 Å². The number of methoxy groups -OCH3 is 2. The van der Waals surface area contributed by atoms with E-state index in [4.69, 9.17) is 14.2 Å². The molecule has 0 saturated carbocycles. The van der Waals surface area contributed by atoms with E-state index < -0.39 is 17.5 Å². The summed E-state index contributed by atoms with van der Waals surface area (Å²) in [6, 6.07) is 14.4. The van der Waals surface area contributed by atoms with E-state index in [-0.39, 0.29) is 29.5 Å². The number of fused-ring (bicyclic) bond motifs is 3. The van der Waals surface area contributed by atoms with Gasteiger partial charge < -0.3 is 24.3 Å². The van der Waals surface area contributed by atoms with Crippen LogP contribution in [0.25, 0.3) is 0 Å². The van der Waals surface area contributed by atoms with Gasteiger partial charge in [0, 0.05) is 37.8 Å². The Morgan fingerprint density at radius 2 is 1.93 bits per heavy atom. The minimum Gasteiger partial charge on any atom is -0.496 e. The van der Waals surface area contributed by atoms with Gasteiger partial charge in [-0.05, 0) is 62.9 Å². The van der Waals surface area contributed by atoms with Crippen LogP contribution in [-0.2, 0) is 19.8 Å². The molecule has 10 heteroatoms. The molecule has 5 rings (SSSR count). The summed E-state index contributed by atoms with van der Waals surface area (Å²) in [6.07, 6.45) is -1.36. The normalized spacial score (nSPS) is 30.0. The first-order chi connectivity index (χ1) is 19.1. The Bertz CT molecular complexity index is 1200. The van der Waals surface area contributed by atoms with Crippen molar-refractivity contribution >= 4 is 5.91 Å². The molecule has 3 aliphatic rings. The molecule has 0 aromatic heterocycles. The van der Waals surface area contributed by atoms with Crippen molar-refractivity contribution in [1.82, 2.24) is 10.2 Å². The van der Waals surface area contributed by atoms with Gasteiger partial charge in [0.25, 0.3) is 0 Å². The summed E-state index contributed by atoms with van der Waals surface area (Å²) in [5.41, 5.74) is 0.493. The summed E-state index contributed by atoms with van der Waals surface area (Å²) in [7, 11) is 5.22. The van der Waals surface area contributed by atoms with Crippen molar-refractivity contribution in [3.8, 4) is 11.5 Å².